The van der Waals surface area contributed by atoms with Gasteiger partial charge in [0.2, 0.25) is 0 Å². The highest BCUT2D eigenvalue weighted by molar-refractivity contribution is 6.15. The summed E-state index contributed by atoms with van der Waals surface area (Å²) in [6.45, 7) is 5.86. The quantitative estimate of drug-likeness (QED) is 0.510. The summed E-state index contributed by atoms with van der Waals surface area (Å²) in [5.74, 6) is 0.698. The highest BCUT2D eigenvalue weighted by Gasteiger charge is 2.33. The molecule has 1 fully saturated rings. The van der Waals surface area contributed by atoms with Crippen LogP contribution in [0, 0.1) is 23.7 Å². The zero-order chi connectivity index (χ0) is 23.4. The normalized spacial score (nSPS) is 30.7. The fourth-order valence-corrected chi connectivity index (χ4v) is 4.40. The van der Waals surface area contributed by atoms with Crippen molar-refractivity contribution < 1.29 is 24.6 Å². The predicted molar refractivity (Wildman–Crippen MR) is 124 cm³/mol. The van der Waals surface area contributed by atoms with E-state index in [1.807, 2.05) is 6.92 Å². The molecule has 6 atom stereocenters. The Morgan fingerprint density at radius 2 is 2.06 bits per heavy atom. The van der Waals surface area contributed by atoms with Crippen molar-refractivity contribution in [2.24, 2.45) is 23.7 Å². The third-order valence-electron chi connectivity index (χ3n) is 6.49. The first kappa shape index (κ1) is 27.7. The van der Waals surface area contributed by atoms with Gasteiger partial charge in [-0.15, -0.1) is 17.1 Å². The lowest BCUT2D eigenvalue weighted by Gasteiger charge is -2.37. The summed E-state index contributed by atoms with van der Waals surface area (Å²) in [5, 5.41) is 18.0. The van der Waals surface area contributed by atoms with Crippen molar-refractivity contribution in [3.8, 4) is 0 Å². The number of allylic oxidation sites excluding steroid dienone is 4. The molecule has 3 aliphatic rings. The monoisotopic (exact) mass is 457 g/mol. The van der Waals surface area contributed by atoms with Gasteiger partial charge in [0.05, 0.1) is 18.4 Å². The number of carboxylic acids is 1. The number of rotatable bonds is 5. The Kier molecular flexibility index (Phi) is 13.1. The molecule has 6 nitrogen and oxygen atoms in total. The van der Waals surface area contributed by atoms with Crippen LogP contribution in [0.4, 0.5) is 0 Å². The van der Waals surface area contributed by atoms with Gasteiger partial charge in [0.1, 0.15) is 0 Å². The van der Waals surface area contributed by atoms with Crippen molar-refractivity contribution in [3.05, 3.63) is 23.8 Å². The largest absolute Gasteiger partial charge is 0.481 e. The molecule has 0 bridgehead atoms. The second kappa shape index (κ2) is 14.6. The van der Waals surface area contributed by atoms with E-state index in [1.165, 1.54) is 31.2 Å². The number of hydrogen-bond acceptors (Lipinski definition) is 5. The standard InChI is InChI=1S/C18H27NO3.C5H10O2.CH3Cl/c1-12-6-7-13-4-2-3-5-17(13)16(12)9-8-14-10-15(20)11-18(21)22-19-14;1-3-4(2)5(6)7;1-2/h4,6-7,12,14-17,19-20H,2-3,5,8-11H2,1H3;4H,3H2,1-2H3,(H,6,7);1H3/t12?,14-,15?,16?,17?;;/m1../s1. The van der Waals surface area contributed by atoms with E-state index in [9.17, 15) is 14.7 Å². The van der Waals surface area contributed by atoms with E-state index >= 15 is 0 Å². The van der Waals surface area contributed by atoms with Crippen LogP contribution in [-0.2, 0) is 14.4 Å². The second-order valence-electron chi connectivity index (χ2n) is 8.73. The van der Waals surface area contributed by atoms with Crippen molar-refractivity contribution in [2.75, 3.05) is 6.38 Å². The van der Waals surface area contributed by atoms with Crippen LogP contribution >= 0.6 is 11.6 Å². The van der Waals surface area contributed by atoms with Gasteiger partial charge in [0.15, 0.2) is 0 Å². The summed E-state index contributed by atoms with van der Waals surface area (Å²) >= 11 is 4.64. The summed E-state index contributed by atoms with van der Waals surface area (Å²) in [7, 11) is 0. The number of halogens is 1. The Morgan fingerprint density at radius 1 is 1.35 bits per heavy atom. The van der Waals surface area contributed by atoms with Gasteiger partial charge in [-0.05, 0) is 68.3 Å². The van der Waals surface area contributed by atoms with Gasteiger partial charge in [0.25, 0.3) is 0 Å². The molecule has 5 unspecified atom stereocenters. The summed E-state index contributed by atoms with van der Waals surface area (Å²) in [6.07, 6.45) is 15.2. The van der Waals surface area contributed by atoms with E-state index < -0.39 is 12.1 Å². The van der Waals surface area contributed by atoms with Gasteiger partial charge in [-0.25, -0.2) is 0 Å². The number of carbonyl (C=O) groups is 2. The molecule has 1 saturated heterocycles. The number of hydroxylamine groups is 1. The van der Waals surface area contributed by atoms with Gasteiger partial charge < -0.3 is 15.1 Å². The van der Waals surface area contributed by atoms with Crippen LogP contribution < -0.4 is 5.48 Å². The highest BCUT2D eigenvalue weighted by atomic mass is 35.5. The van der Waals surface area contributed by atoms with E-state index in [2.05, 4.69) is 42.2 Å². The van der Waals surface area contributed by atoms with Crippen LogP contribution in [0.1, 0.15) is 72.1 Å². The van der Waals surface area contributed by atoms with Gasteiger partial charge >= 0.3 is 11.9 Å². The van der Waals surface area contributed by atoms with E-state index in [0.29, 0.717) is 24.2 Å². The molecule has 3 N–H and O–H groups in total. The number of carboxylic acid groups (broad SMARTS) is 1. The molecule has 0 aromatic heterocycles. The zero-order valence-electron chi connectivity index (χ0n) is 19.4. The molecule has 3 rings (SSSR count). The first-order chi connectivity index (χ1) is 14.8. The van der Waals surface area contributed by atoms with Crippen LogP contribution in [0.2, 0.25) is 0 Å². The van der Waals surface area contributed by atoms with Crippen molar-refractivity contribution in [3.63, 3.8) is 0 Å². The maximum Gasteiger partial charge on any atom is 0.327 e. The summed E-state index contributed by atoms with van der Waals surface area (Å²) < 4.78 is 0. The summed E-state index contributed by atoms with van der Waals surface area (Å²) in [4.78, 5) is 26.2. The first-order valence-corrected chi connectivity index (χ1v) is 12.2. The average Bonchev–Trinajstić information content (AvgIpc) is 2.93. The van der Waals surface area contributed by atoms with Crippen molar-refractivity contribution in [1.29, 1.82) is 0 Å². The smallest absolute Gasteiger partial charge is 0.327 e. The second-order valence-corrected chi connectivity index (χ2v) is 8.73. The molecule has 0 spiro atoms. The SMILES string of the molecule is CC1C=CC2=CCCCC2C1CC[C@@H]1CC(O)CC(=O)ON1.CCC(C)C(=O)O.CCl. The lowest BCUT2D eigenvalue weighted by Crippen LogP contribution is -2.33. The molecule has 31 heavy (non-hydrogen) atoms. The maximum absolute atomic E-state index is 11.3. The minimum absolute atomic E-state index is 0.0653. The van der Waals surface area contributed by atoms with Crippen LogP contribution in [0.15, 0.2) is 23.8 Å². The molecule has 7 heteroatoms. The van der Waals surface area contributed by atoms with Crippen LogP contribution in [0.5, 0.6) is 0 Å². The lowest BCUT2D eigenvalue weighted by molar-refractivity contribution is -0.152. The Morgan fingerprint density at radius 3 is 2.68 bits per heavy atom. The summed E-state index contributed by atoms with van der Waals surface area (Å²) in [6, 6.07) is 0.0653. The lowest BCUT2D eigenvalue weighted by atomic mass is 9.68. The topological polar surface area (TPSA) is 95.9 Å². The number of nitrogens with one attached hydrogen (secondary N) is 1. The molecule has 0 saturated carbocycles. The fraction of sp³-hybridized carbons (Fsp3) is 0.750. The average molecular weight is 458 g/mol. The molecular formula is C24H40ClNO5. The third kappa shape index (κ3) is 9.34. The Balaban J connectivity index is 0.000000457. The zero-order valence-corrected chi connectivity index (χ0v) is 20.1. The van der Waals surface area contributed by atoms with Crippen molar-refractivity contribution in [2.45, 2.75) is 84.3 Å². The van der Waals surface area contributed by atoms with E-state index in [0.717, 1.165) is 19.3 Å². The van der Waals surface area contributed by atoms with Crippen LogP contribution in [0.25, 0.3) is 0 Å². The minimum Gasteiger partial charge on any atom is -0.481 e. The molecule has 2 aliphatic carbocycles. The maximum atomic E-state index is 11.3. The molecule has 178 valence electrons. The molecule has 0 amide bonds. The third-order valence-corrected chi connectivity index (χ3v) is 6.49. The van der Waals surface area contributed by atoms with Gasteiger partial charge in [-0.2, -0.15) is 0 Å². The Bertz CT molecular complexity index is 621. The highest BCUT2D eigenvalue weighted by Crippen LogP contribution is 2.42. The number of aliphatic hydroxyl groups is 1. The Labute approximate surface area is 192 Å². The summed E-state index contributed by atoms with van der Waals surface area (Å²) in [5.41, 5.74) is 4.37. The number of carbonyl (C=O) groups excluding carboxylic acids is 1. The number of aliphatic hydroxyl groups excluding tert-OH is 1. The van der Waals surface area contributed by atoms with Gasteiger partial charge in [-0.3, -0.25) is 9.59 Å². The van der Waals surface area contributed by atoms with Crippen LogP contribution in [0.3, 0.4) is 0 Å². The first-order valence-electron chi connectivity index (χ1n) is 11.4. The van der Waals surface area contributed by atoms with E-state index in [-0.39, 0.29) is 24.3 Å². The molecule has 0 aromatic rings. The molecular weight excluding hydrogens is 418 g/mol. The molecule has 0 aromatic carbocycles. The van der Waals surface area contributed by atoms with E-state index in [1.54, 1.807) is 6.92 Å². The Hall–Kier alpha value is -1.37. The van der Waals surface area contributed by atoms with Crippen molar-refractivity contribution in [1.82, 2.24) is 5.48 Å². The number of fused-ring (bicyclic) bond motifs is 1. The number of aliphatic carboxylic acids is 1. The van der Waals surface area contributed by atoms with Gasteiger partial charge in [-0.1, -0.05) is 39.0 Å². The molecule has 1 aliphatic heterocycles. The van der Waals surface area contributed by atoms with Gasteiger partial charge in [0, 0.05) is 12.4 Å². The number of hydrogen-bond donors (Lipinski definition) is 3. The fourth-order valence-electron chi connectivity index (χ4n) is 4.40. The molecule has 0 radical (unpaired) electrons. The van der Waals surface area contributed by atoms with Crippen molar-refractivity contribution >= 4 is 23.5 Å². The minimum atomic E-state index is -0.706. The van der Waals surface area contributed by atoms with Crippen LogP contribution in [-0.4, -0.2) is 40.7 Å². The number of alkyl halides is 1. The van der Waals surface area contributed by atoms with E-state index in [4.69, 9.17) is 9.94 Å². The molecule has 1 heterocycles. The predicted octanol–water partition coefficient (Wildman–Crippen LogP) is 4.86.